The third-order valence-corrected chi connectivity index (χ3v) is 4.75. The molecule has 1 rings (SSSR count). The van der Waals surface area contributed by atoms with Crippen LogP contribution in [0.3, 0.4) is 0 Å². The van der Waals surface area contributed by atoms with Crippen LogP contribution in [0.25, 0.3) is 0 Å². The zero-order chi connectivity index (χ0) is 25.9. The SMILES string of the molecule is C#Cc1ccc(C(C(=O)NCC(=O)OC)N(CCO)C(=O)C(CS)NC(=O)OC(C)(C)C)cc1. The first-order valence-electron chi connectivity index (χ1n) is 10.4. The molecule has 0 saturated carbocycles. The number of aliphatic hydroxyl groups excluding tert-OH is 1. The van der Waals surface area contributed by atoms with Crippen molar-refractivity contribution >= 4 is 36.5 Å². The summed E-state index contributed by atoms with van der Waals surface area (Å²) < 4.78 is 9.74. The molecule has 10 nitrogen and oxygen atoms in total. The Hall–Kier alpha value is -3.23. The van der Waals surface area contributed by atoms with E-state index in [9.17, 15) is 24.3 Å². The van der Waals surface area contributed by atoms with E-state index in [1.807, 2.05) is 0 Å². The molecule has 0 spiro atoms. The number of hydrogen-bond donors (Lipinski definition) is 4. The number of methoxy groups -OCH3 is 1. The fraction of sp³-hybridized carbons (Fsp3) is 0.478. The van der Waals surface area contributed by atoms with Gasteiger partial charge >= 0.3 is 12.1 Å². The predicted octanol–water partition coefficient (Wildman–Crippen LogP) is 0.642. The van der Waals surface area contributed by atoms with Crippen LogP contribution in [0.4, 0.5) is 4.79 Å². The fourth-order valence-electron chi connectivity index (χ4n) is 2.87. The van der Waals surface area contributed by atoms with E-state index >= 15 is 0 Å². The summed E-state index contributed by atoms with van der Waals surface area (Å²) in [6.45, 7) is 3.87. The third kappa shape index (κ3) is 8.96. The van der Waals surface area contributed by atoms with Gasteiger partial charge in [-0.15, -0.1) is 6.42 Å². The summed E-state index contributed by atoms with van der Waals surface area (Å²) in [5, 5.41) is 14.5. The number of nitrogens with zero attached hydrogens (tertiary/aromatic N) is 1. The average Bonchev–Trinajstić information content (AvgIpc) is 2.79. The highest BCUT2D eigenvalue weighted by atomic mass is 32.1. The summed E-state index contributed by atoms with van der Waals surface area (Å²) in [6.07, 6.45) is 4.56. The second-order valence-corrected chi connectivity index (χ2v) is 8.46. The molecule has 0 radical (unpaired) electrons. The molecule has 0 heterocycles. The lowest BCUT2D eigenvalue weighted by Crippen LogP contribution is -2.54. The minimum Gasteiger partial charge on any atom is -0.468 e. The van der Waals surface area contributed by atoms with Gasteiger partial charge in [0.05, 0.1) is 13.7 Å². The van der Waals surface area contributed by atoms with Crippen molar-refractivity contribution in [2.45, 2.75) is 38.5 Å². The minimum atomic E-state index is -1.25. The number of hydrogen-bond acceptors (Lipinski definition) is 8. The van der Waals surface area contributed by atoms with E-state index in [-0.39, 0.29) is 12.3 Å². The molecule has 3 amide bonds. The van der Waals surface area contributed by atoms with Crippen molar-refractivity contribution in [2.24, 2.45) is 0 Å². The van der Waals surface area contributed by atoms with Gasteiger partial charge < -0.3 is 30.1 Å². The molecule has 0 saturated heterocycles. The number of aliphatic hydroxyl groups is 1. The van der Waals surface area contributed by atoms with Crippen molar-refractivity contribution in [3.05, 3.63) is 35.4 Å². The molecule has 0 aliphatic heterocycles. The molecule has 3 N–H and O–H groups in total. The molecule has 2 atom stereocenters. The number of amides is 3. The minimum absolute atomic E-state index is 0.105. The van der Waals surface area contributed by atoms with E-state index in [1.165, 1.54) is 7.11 Å². The van der Waals surface area contributed by atoms with E-state index in [2.05, 4.69) is 33.9 Å². The first kappa shape index (κ1) is 28.8. The molecular weight excluding hydrogens is 462 g/mol. The number of terminal acetylenes is 1. The highest BCUT2D eigenvalue weighted by Gasteiger charge is 2.35. The Morgan fingerprint density at radius 1 is 1.21 bits per heavy atom. The molecule has 34 heavy (non-hydrogen) atoms. The summed E-state index contributed by atoms with van der Waals surface area (Å²) in [4.78, 5) is 51.3. The maximum atomic E-state index is 13.4. The van der Waals surface area contributed by atoms with Crippen LogP contribution in [-0.4, -0.2) is 78.1 Å². The Morgan fingerprint density at radius 3 is 2.29 bits per heavy atom. The standard InChI is InChI=1S/C23H31N3O7S/c1-6-15-7-9-16(10-8-15)19(20(29)24-13-18(28)32-5)26(11-12-27)21(30)17(14-34)25-22(31)33-23(2,3)4/h1,7-10,17,19,27,34H,11-14H2,2-5H3,(H,24,29)(H,25,31). The molecule has 0 aromatic heterocycles. The second-order valence-electron chi connectivity index (χ2n) is 8.10. The lowest BCUT2D eigenvalue weighted by atomic mass is 10.0. The molecule has 0 fully saturated rings. The number of carbonyl (C=O) groups is 4. The van der Waals surface area contributed by atoms with Crippen LogP contribution in [0.5, 0.6) is 0 Å². The van der Waals surface area contributed by atoms with Crippen molar-refractivity contribution < 1.29 is 33.8 Å². The number of nitrogens with one attached hydrogen (secondary N) is 2. The van der Waals surface area contributed by atoms with Gasteiger partial charge in [0.2, 0.25) is 11.8 Å². The smallest absolute Gasteiger partial charge is 0.408 e. The molecule has 11 heteroatoms. The maximum absolute atomic E-state index is 13.4. The lowest BCUT2D eigenvalue weighted by molar-refractivity contribution is -0.144. The van der Waals surface area contributed by atoms with Crippen LogP contribution in [0.1, 0.15) is 37.9 Å². The molecule has 0 aliphatic rings. The first-order chi connectivity index (χ1) is 16.0. The normalized spacial score (nSPS) is 12.5. The van der Waals surface area contributed by atoms with Crippen molar-refractivity contribution in [1.82, 2.24) is 15.5 Å². The van der Waals surface area contributed by atoms with Gasteiger partial charge in [-0.25, -0.2) is 4.79 Å². The molecule has 1 aromatic carbocycles. The van der Waals surface area contributed by atoms with Crippen molar-refractivity contribution in [3.8, 4) is 12.3 Å². The van der Waals surface area contributed by atoms with Crippen LogP contribution < -0.4 is 10.6 Å². The summed E-state index contributed by atoms with van der Waals surface area (Å²) in [5.41, 5.74) is 0.129. The van der Waals surface area contributed by atoms with E-state index in [1.54, 1.807) is 45.0 Å². The van der Waals surface area contributed by atoms with Crippen molar-refractivity contribution in [1.29, 1.82) is 0 Å². The Kier molecular flexibility index (Phi) is 11.4. The summed E-state index contributed by atoms with van der Waals surface area (Å²) in [6, 6.07) is 3.89. The Morgan fingerprint density at radius 2 is 1.82 bits per heavy atom. The van der Waals surface area contributed by atoms with Gasteiger partial charge in [-0.2, -0.15) is 12.6 Å². The monoisotopic (exact) mass is 493 g/mol. The van der Waals surface area contributed by atoms with E-state index in [4.69, 9.17) is 11.2 Å². The zero-order valence-corrected chi connectivity index (χ0v) is 20.6. The molecule has 2 unspecified atom stereocenters. The average molecular weight is 494 g/mol. The van der Waals surface area contributed by atoms with Gasteiger partial charge in [0.1, 0.15) is 24.2 Å². The predicted molar refractivity (Wildman–Crippen MR) is 128 cm³/mol. The van der Waals surface area contributed by atoms with Gasteiger partial charge in [-0.3, -0.25) is 14.4 Å². The number of benzene rings is 1. The Labute approximate surface area is 204 Å². The molecular formula is C23H31N3O7S. The summed E-state index contributed by atoms with van der Waals surface area (Å²) in [7, 11) is 1.17. The Balaban J connectivity index is 3.33. The van der Waals surface area contributed by atoms with Gasteiger partial charge in [0.25, 0.3) is 0 Å². The quantitative estimate of drug-likeness (QED) is 0.214. The fourth-order valence-corrected chi connectivity index (χ4v) is 3.12. The van der Waals surface area contributed by atoms with Crippen LogP contribution in [0.15, 0.2) is 24.3 Å². The van der Waals surface area contributed by atoms with E-state index in [0.717, 1.165) is 4.90 Å². The van der Waals surface area contributed by atoms with E-state index in [0.29, 0.717) is 11.1 Å². The van der Waals surface area contributed by atoms with Crippen molar-refractivity contribution in [3.63, 3.8) is 0 Å². The van der Waals surface area contributed by atoms with Gasteiger partial charge in [-0.1, -0.05) is 18.1 Å². The molecule has 186 valence electrons. The summed E-state index contributed by atoms with van der Waals surface area (Å²) in [5.74, 6) is 0.286. The number of thiol groups is 1. The van der Waals surface area contributed by atoms with Gasteiger partial charge in [0.15, 0.2) is 0 Å². The Bertz CT molecular complexity index is 907. The topological polar surface area (TPSA) is 134 Å². The van der Waals surface area contributed by atoms with Gasteiger partial charge in [0, 0.05) is 17.9 Å². The number of ether oxygens (including phenoxy) is 2. The van der Waals surface area contributed by atoms with Gasteiger partial charge in [-0.05, 0) is 38.5 Å². The first-order valence-corrected chi connectivity index (χ1v) is 11.0. The maximum Gasteiger partial charge on any atom is 0.408 e. The number of esters is 1. The molecule has 1 aromatic rings. The highest BCUT2D eigenvalue weighted by molar-refractivity contribution is 7.80. The van der Waals surface area contributed by atoms with E-state index < -0.39 is 54.7 Å². The lowest BCUT2D eigenvalue weighted by Gasteiger charge is -2.33. The number of alkyl carbamates (subject to hydrolysis) is 1. The molecule has 0 bridgehead atoms. The van der Waals surface area contributed by atoms with Crippen LogP contribution in [0.2, 0.25) is 0 Å². The zero-order valence-electron chi connectivity index (χ0n) is 19.7. The van der Waals surface area contributed by atoms with Crippen LogP contribution in [-0.2, 0) is 23.9 Å². The number of rotatable bonds is 10. The van der Waals surface area contributed by atoms with Crippen molar-refractivity contribution in [2.75, 3.05) is 32.6 Å². The van der Waals surface area contributed by atoms with Crippen LogP contribution >= 0.6 is 12.6 Å². The second kappa shape index (κ2) is 13.5. The molecule has 0 aliphatic carbocycles. The largest absolute Gasteiger partial charge is 0.468 e. The summed E-state index contributed by atoms with van der Waals surface area (Å²) >= 11 is 4.15. The third-order valence-electron chi connectivity index (χ3n) is 4.38. The number of carbonyl (C=O) groups excluding carboxylic acids is 4. The van der Waals surface area contributed by atoms with Crippen LogP contribution in [0, 0.1) is 12.3 Å². The highest BCUT2D eigenvalue weighted by Crippen LogP contribution is 2.23.